The van der Waals surface area contributed by atoms with Crippen LogP contribution in [-0.2, 0) is 22.6 Å². The molecule has 0 heterocycles. The van der Waals surface area contributed by atoms with Crippen LogP contribution in [0.25, 0.3) is 0 Å². The van der Waals surface area contributed by atoms with Gasteiger partial charge in [0.05, 0.1) is 12.2 Å². The molecular formula is C20H34F3O2Si2. The second-order valence-electron chi connectivity index (χ2n) is 9.81. The third-order valence-electron chi connectivity index (χ3n) is 5.04. The van der Waals surface area contributed by atoms with Crippen LogP contribution >= 0.6 is 0 Å². The second kappa shape index (κ2) is 7.91. The van der Waals surface area contributed by atoms with Crippen LogP contribution in [0.5, 0.6) is 5.75 Å². The lowest BCUT2D eigenvalue weighted by Crippen LogP contribution is -2.40. The highest BCUT2D eigenvalue weighted by Crippen LogP contribution is 2.42. The average molecular weight is 420 g/mol. The molecule has 0 bridgehead atoms. The van der Waals surface area contributed by atoms with Crippen LogP contribution in [-0.4, -0.2) is 17.4 Å². The Bertz CT molecular complexity index is 655. The van der Waals surface area contributed by atoms with Crippen molar-refractivity contribution in [3.05, 3.63) is 28.8 Å². The number of hydrogen-bond acceptors (Lipinski definition) is 2. The van der Waals surface area contributed by atoms with E-state index in [0.29, 0.717) is 11.3 Å². The molecule has 0 saturated heterocycles. The summed E-state index contributed by atoms with van der Waals surface area (Å²) in [4.78, 5) is 0. The molecule has 27 heavy (non-hydrogen) atoms. The molecule has 0 N–H and O–H groups in total. The van der Waals surface area contributed by atoms with Crippen molar-refractivity contribution in [1.82, 2.24) is 0 Å². The fraction of sp³-hybridized carbons (Fsp3) is 0.700. The molecule has 1 aromatic carbocycles. The smallest absolute Gasteiger partial charge is 0.416 e. The highest BCUT2D eigenvalue weighted by atomic mass is 28.4. The Balaban J connectivity index is 3.54. The van der Waals surface area contributed by atoms with Gasteiger partial charge in [-0.3, -0.25) is 0 Å². The Morgan fingerprint density at radius 3 is 1.85 bits per heavy atom. The zero-order valence-corrected chi connectivity index (χ0v) is 20.3. The molecule has 0 saturated carbocycles. The van der Waals surface area contributed by atoms with Crippen LogP contribution in [0.3, 0.4) is 0 Å². The van der Waals surface area contributed by atoms with Crippen LogP contribution < -0.4 is 4.43 Å². The molecule has 0 spiro atoms. The molecule has 0 aliphatic carbocycles. The summed E-state index contributed by atoms with van der Waals surface area (Å²) in [7, 11) is -3.28. The maximum absolute atomic E-state index is 13.5. The number of benzene rings is 1. The minimum Gasteiger partial charge on any atom is -0.542 e. The molecule has 7 heteroatoms. The minimum absolute atomic E-state index is 0.0201. The standard InChI is InChI=1S/C20H34F3O2Si2/c1-18(2,3)16-11-14(20(21,22)23)12-17(25-26(7)8)15(16)13-24-27(9,10)19(4,5)6/h11-12H,13H2,1-10H3. The Morgan fingerprint density at radius 1 is 0.963 bits per heavy atom. The Hall–Kier alpha value is -0.796. The van der Waals surface area contributed by atoms with E-state index < -0.39 is 34.5 Å². The van der Waals surface area contributed by atoms with E-state index in [1.165, 1.54) is 6.07 Å². The van der Waals surface area contributed by atoms with E-state index in [9.17, 15) is 13.2 Å². The first-order valence-corrected chi connectivity index (χ1v) is 14.5. The molecule has 0 fully saturated rings. The summed E-state index contributed by atoms with van der Waals surface area (Å²) in [5, 5.41) is 0.0201. The van der Waals surface area contributed by atoms with E-state index in [1.807, 2.05) is 33.9 Å². The molecule has 2 nitrogen and oxygen atoms in total. The number of hydrogen-bond donors (Lipinski definition) is 0. The van der Waals surface area contributed by atoms with Crippen molar-refractivity contribution in [2.45, 2.75) is 91.0 Å². The SMILES string of the molecule is C[Si](C)Oc1cc(C(F)(F)F)cc(C(C)(C)C)c1CO[Si](C)(C)C(C)(C)C. The third-order valence-corrected chi connectivity index (χ3v) is 10.1. The minimum atomic E-state index is -4.41. The van der Waals surface area contributed by atoms with E-state index in [1.54, 1.807) is 0 Å². The zero-order chi connectivity index (χ0) is 21.4. The summed E-state index contributed by atoms with van der Waals surface area (Å²) >= 11 is 0. The van der Waals surface area contributed by atoms with Crippen molar-refractivity contribution in [1.29, 1.82) is 0 Å². The van der Waals surface area contributed by atoms with Gasteiger partial charge in [-0.1, -0.05) is 41.5 Å². The summed E-state index contributed by atoms with van der Waals surface area (Å²) in [6, 6.07) is 2.40. The van der Waals surface area contributed by atoms with Gasteiger partial charge in [0.25, 0.3) is 9.04 Å². The second-order valence-corrected chi connectivity index (χ2v) is 16.6. The lowest BCUT2D eigenvalue weighted by molar-refractivity contribution is -0.137. The maximum Gasteiger partial charge on any atom is 0.416 e. The normalized spacial score (nSPS) is 14.0. The third kappa shape index (κ3) is 6.36. The summed E-state index contributed by atoms with van der Waals surface area (Å²) < 4.78 is 52.7. The fourth-order valence-electron chi connectivity index (χ4n) is 2.41. The molecule has 0 aliphatic rings. The first-order valence-electron chi connectivity index (χ1n) is 9.23. The summed E-state index contributed by atoms with van der Waals surface area (Å²) in [5.41, 5.74) is 0.252. The Morgan fingerprint density at radius 2 is 1.48 bits per heavy atom. The summed E-state index contributed by atoms with van der Waals surface area (Å²) in [6.07, 6.45) is -4.41. The maximum atomic E-state index is 13.5. The van der Waals surface area contributed by atoms with Crippen LogP contribution in [0, 0.1) is 0 Å². The first kappa shape index (κ1) is 24.2. The molecule has 155 valence electrons. The topological polar surface area (TPSA) is 18.5 Å². The van der Waals surface area contributed by atoms with Crippen LogP contribution in [0.2, 0.25) is 31.2 Å². The van der Waals surface area contributed by atoms with Gasteiger partial charge in [0, 0.05) is 5.56 Å². The quantitative estimate of drug-likeness (QED) is 0.472. The molecule has 0 amide bonds. The van der Waals surface area contributed by atoms with Crippen LogP contribution in [0.1, 0.15) is 58.2 Å². The van der Waals surface area contributed by atoms with Crippen molar-refractivity contribution in [2.75, 3.05) is 0 Å². The van der Waals surface area contributed by atoms with Crippen molar-refractivity contribution in [3.8, 4) is 5.75 Å². The van der Waals surface area contributed by atoms with Crippen molar-refractivity contribution in [3.63, 3.8) is 0 Å². The molecule has 1 radical (unpaired) electrons. The van der Waals surface area contributed by atoms with Crippen LogP contribution in [0.15, 0.2) is 12.1 Å². The Labute approximate surface area is 165 Å². The van der Waals surface area contributed by atoms with Gasteiger partial charge in [-0.2, -0.15) is 13.2 Å². The van der Waals surface area contributed by atoms with E-state index >= 15 is 0 Å². The number of alkyl halides is 3. The van der Waals surface area contributed by atoms with Gasteiger partial charge in [-0.05, 0) is 54.3 Å². The Kier molecular flexibility index (Phi) is 7.10. The fourth-order valence-corrected chi connectivity index (χ4v) is 3.97. The van der Waals surface area contributed by atoms with Gasteiger partial charge < -0.3 is 8.85 Å². The van der Waals surface area contributed by atoms with Gasteiger partial charge in [-0.15, -0.1) is 0 Å². The van der Waals surface area contributed by atoms with Gasteiger partial charge in [0.2, 0.25) is 0 Å². The molecule has 0 aliphatic heterocycles. The molecular weight excluding hydrogens is 385 g/mol. The van der Waals surface area contributed by atoms with Crippen molar-refractivity contribution in [2.24, 2.45) is 0 Å². The molecule has 0 aromatic heterocycles. The van der Waals surface area contributed by atoms with E-state index in [2.05, 4.69) is 33.9 Å². The van der Waals surface area contributed by atoms with Crippen LogP contribution in [0.4, 0.5) is 13.2 Å². The molecule has 1 aromatic rings. The molecule has 0 atom stereocenters. The predicted octanol–water partition coefficient (Wildman–Crippen LogP) is 7.15. The van der Waals surface area contributed by atoms with E-state index in [0.717, 1.165) is 11.6 Å². The zero-order valence-electron chi connectivity index (χ0n) is 18.3. The van der Waals surface area contributed by atoms with Crippen molar-refractivity contribution < 1.29 is 22.0 Å². The summed E-state index contributed by atoms with van der Waals surface area (Å²) in [5.74, 6) is 0.312. The molecule has 0 unspecified atom stereocenters. The number of halogens is 3. The monoisotopic (exact) mass is 419 g/mol. The highest BCUT2D eigenvalue weighted by molar-refractivity contribution is 6.74. The van der Waals surface area contributed by atoms with Gasteiger partial charge >= 0.3 is 6.18 Å². The van der Waals surface area contributed by atoms with E-state index in [-0.39, 0.29) is 11.6 Å². The first-order chi connectivity index (χ1) is 11.9. The number of rotatable bonds is 5. The summed E-state index contributed by atoms with van der Waals surface area (Å²) in [6.45, 7) is 20.6. The lowest BCUT2D eigenvalue weighted by atomic mass is 9.82. The van der Waals surface area contributed by atoms with Gasteiger partial charge in [-0.25, -0.2) is 0 Å². The van der Waals surface area contributed by atoms with Gasteiger partial charge in [0.1, 0.15) is 5.75 Å². The molecule has 1 rings (SSSR count). The predicted molar refractivity (Wildman–Crippen MR) is 110 cm³/mol. The van der Waals surface area contributed by atoms with Crippen molar-refractivity contribution >= 4 is 17.4 Å². The van der Waals surface area contributed by atoms with Gasteiger partial charge in [0.15, 0.2) is 8.32 Å². The average Bonchev–Trinajstić information content (AvgIpc) is 2.41. The van der Waals surface area contributed by atoms with E-state index in [4.69, 9.17) is 8.85 Å². The largest absolute Gasteiger partial charge is 0.542 e. The lowest BCUT2D eigenvalue weighted by Gasteiger charge is -2.37. The highest BCUT2D eigenvalue weighted by Gasteiger charge is 2.39.